The summed E-state index contributed by atoms with van der Waals surface area (Å²) < 4.78 is 0. The van der Waals surface area contributed by atoms with Crippen LogP contribution in [0.2, 0.25) is 0 Å². The van der Waals surface area contributed by atoms with Crippen molar-refractivity contribution in [2.24, 2.45) is 5.92 Å². The van der Waals surface area contributed by atoms with Gasteiger partial charge in [-0.05, 0) is 25.2 Å². The molecule has 1 amide bonds. The lowest BCUT2D eigenvalue weighted by Crippen LogP contribution is -2.38. The summed E-state index contributed by atoms with van der Waals surface area (Å²) in [6.45, 7) is 2.92. The van der Waals surface area contributed by atoms with Crippen LogP contribution in [0.15, 0.2) is 0 Å². The Morgan fingerprint density at radius 2 is 2.07 bits per heavy atom. The van der Waals surface area contributed by atoms with E-state index in [9.17, 15) is 4.79 Å². The van der Waals surface area contributed by atoms with Gasteiger partial charge in [0.15, 0.2) is 0 Å². The second kappa shape index (κ2) is 6.83. The lowest BCUT2D eigenvalue weighted by molar-refractivity contribution is -0.121. The fourth-order valence-corrected chi connectivity index (χ4v) is 1.93. The molecule has 1 rings (SSSR count). The number of nitrogens with one attached hydrogen (secondary N) is 1. The van der Waals surface area contributed by atoms with Crippen molar-refractivity contribution in [2.45, 2.75) is 58.0 Å². The number of hydrogen-bond donors (Lipinski definition) is 2. The lowest BCUT2D eigenvalue weighted by Gasteiger charge is -2.31. The van der Waals surface area contributed by atoms with Crippen molar-refractivity contribution in [3.05, 3.63) is 0 Å². The molecule has 3 nitrogen and oxygen atoms in total. The minimum atomic E-state index is -0.114. The molecule has 1 fully saturated rings. The van der Waals surface area contributed by atoms with Gasteiger partial charge in [-0.3, -0.25) is 4.79 Å². The second-order valence-electron chi connectivity index (χ2n) is 4.61. The van der Waals surface area contributed by atoms with Crippen molar-refractivity contribution < 1.29 is 9.90 Å². The van der Waals surface area contributed by atoms with Gasteiger partial charge in [-0.15, -0.1) is 0 Å². The summed E-state index contributed by atoms with van der Waals surface area (Å²) in [6, 6.07) is 0. The third kappa shape index (κ3) is 5.17. The minimum Gasteiger partial charge on any atom is -0.393 e. The van der Waals surface area contributed by atoms with Crippen LogP contribution in [0.1, 0.15) is 51.9 Å². The van der Waals surface area contributed by atoms with Crippen LogP contribution >= 0.6 is 0 Å². The highest BCUT2D eigenvalue weighted by Crippen LogP contribution is 2.26. The van der Waals surface area contributed by atoms with Crippen molar-refractivity contribution in [3.8, 4) is 0 Å². The van der Waals surface area contributed by atoms with Crippen LogP contribution < -0.4 is 5.32 Å². The quantitative estimate of drug-likeness (QED) is 0.634. The van der Waals surface area contributed by atoms with E-state index in [1.54, 1.807) is 0 Å². The molecule has 0 spiro atoms. The van der Waals surface area contributed by atoms with E-state index in [1.165, 1.54) is 12.8 Å². The van der Waals surface area contributed by atoms with Crippen LogP contribution in [0.3, 0.4) is 0 Å². The van der Waals surface area contributed by atoms with Crippen LogP contribution in [0.5, 0.6) is 0 Å². The standard InChI is InChI=1S/C12H23NO2/c1-2-3-4-5-6-12(15)13-9-10-7-11(14)8-10/h10-11,14H,2-9H2,1H3,(H,13,15). The largest absolute Gasteiger partial charge is 0.393 e. The number of unbranched alkanes of at least 4 members (excludes halogenated alkanes) is 3. The minimum absolute atomic E-state index is 0.114. The first kappa shape index (κ1) is 12.5. The first-order chi connectivity index (χ1) is 7.22. The van der Waals surface area contributed by atoms with E-state index in [1.807, 2.05) is 0 Å². The number of aliphatic hydroxyl groups excluding tert-OH is 1. The smallest absolute Gasteiger partial charge is 0.220 e. The molecule has 15 heavy (non-hydrogen) atoms. The summed E-state index contributed by atoms with van der Waals surface area (Å²) in [4.78, 5) is 11.4. The lowest BCUT2D eigenvalue weighted by atomic mass is 9.82. The molecule has 3 heteroatoms. The predicted molar refractivity (Wildman–Crippen MR) is 60.5 cm³/mol. The third-order valence-electron chi connectivity index (χ3n) is 3.06. The van der Waals surface area contributed by atoms with E-state index in [-0.39, 0.29) is 12.0 Å². The number of amides is 1. The highest BCUT2D eigenvalue weighted by atomic mass is 16.3. The first-order valence-corrected chi connectivity index (χ1v) is 6.17. The topological polar surface area (TPSA) is 49.3 Å². The van der Waals surface area contributed by atoms with Gasteiger partial charge < -0.3 is 10.4 Å². The summed E-state index contributed by atoms with van der Waals surface area (Å²) in [5.74, 6) is 0.687. The molecule has 0 atom stereocenters. The maximum Gasteiger partial charge on any atom is 0.220 e. The van der Waals surface area contributed by atoms with Gasteiger partial charge in [0.1, 0.15) is 0 Å². The number of carbonyl (C=O) groups is 1. The van der Waals surface area contributed by atoms with E-state index in [4.69, 9.17) is 5.11 Å². The van der Waals surface area contributed by atoms with E-state index in [2.05, 4.69) is 12.2 Å². The van der Waals surface area contributed by atoms with E-state index in [0.717, 1.165) is 32.2 Å². The Morgan fingerprint density at radius 1 is 1.33 bits per heavy atom. The molecule has 2 N–H and O–H groups in total. The van der Waals surface area contributed by atoms with Crippen molar-refractivity contribution in [3.63, 3.8) is 0 Å². The molecule has 1 aliphatic carbocycles. The first-order valence-electron chi connectivity index (χ1n) is 6.17. The predicted octanol–water partition coefficient (Wildman–Crippen LogP) is 1.84. The molecule has 0 saturated heterocycles. The Bertz CT molecular complexity index is 188. The van der Waals surface area contributed by atoms with Crippen LogP contribution in [0, 0.1) is 5.92 Å². The van der Waals surface area contributed by atoms with Gasteiger partial charge in [0, 0.05) is 13.0 Å². The van der Waals surface area contributed by atoms with Gasteiger partial charge in [0.25, 0.3) is 0 Å². The third-order valence-corrected chi connectivity index (χ3v) is 3.06. The molecule has 0 radical (unpaired) electrons. The summed E-state index contributed by atoms with van der Waals surface area (Å²) in [5.41, 5.74) is 0. The van der Waals surface area contributed by atoms with Crippen LogP contribution in [-0.2, 0) is 4.79 Å². The summed E-state index contributed by atoms with van der Waals surface area (Å²) in [6.07, 6.45) is 6.86. The van der Waals surface area contributed by atoms with E-state index in [0.29, 0.717) is 12.3 Å². The highest BCUT2D eigenvalue weighted by Gasteiger charge is 2.26. The molecule has 0 bridgehead atoms. The average molecular weight is 213 g/mol. The fraction of sp³-hybridized carbons (Fsp3) is 0.917. The van der Waals surface area contributed by atoms with E-state index >= 15 is 0 Å². The van der Waals surface area contributed by atoms with Gasteiger partial charge >= 0.3 is 0 Å². The Balaban J connectivity index is 1.90. The Hall–Kier alpha value is -0.570. The number of rotatable bonds is 7. The number of aliphatic hydroxyl groups is 1. The Kier molecular flexibility index (Phi) is 5.69. The van der Waals surface area contributed by atoms with Crippen molar-refractivity contribution in [2.75, 3.05) is 6.54 Å². The van der Waals surface area contributed by atoms with Gasteiger partial charge in [-0.25, -0.2) is 0 Å². The molecule has 0 heterocycles. The van der Waals surface area contributed by atoms with Gasteiger partial charge in [0.2, 0.25) is 5.91 Å². The molecule has 0 unspecified atom stereocenters. The zero-order valence-electron chi connectivity index (χ0n) is 9.67. The summed E-state index contributed by atoms with van der Waals surface area (Å²) >= 11 is 0. The molecule has 0 aromatic carbocycles. The van der Waals surface area contributed by atoms with Crippen molar-refractivity contribution in [1.82, 2.24) is 5.32 Å². The maximum atomic E-state index is 11.4. The van der Waals surface area contributed by atoms with Crippen molar-refractivity contribution >= 4 is 5.91 Å². The van der Waals surface area contributed by atoms with Gasteiger partial charge in [-0.2, -0.15) is 0 Å². The maximum absolute atomic E-state index is 11.4. The van der Waals surface area contributed by atoms with E-state index < -0.39 is 0 Å². The Labute approximate surface area is 92.3 Å². The van der Waals surface area contributed by atoms with Gasteiger partial charge in [-0.1, -0.05) is 26.2 Å². The molecule has 1 saturated carbocycles. The SMILES string of the molecule is CCCCCCC(=O)NCC1CC(O)C1. The molecule has 88 valence electrons. The molecular weight excluding hydrogens is 190 g/mol. The molecule has 0 aliphatic heterocycles. The second-order valence-corrected chi connectivity index (χ2v) is 4.61. The molecule has 1 aliphatic rings. The fourth-order valence-electron chi connectivity index (χ4n) is 1.93. The Morgan fingerprint density at radius 3 is 2.67 bits per heavy atom. The molecule has 0 aromatic rings. The summed E-state index contributed by atoms with van der Waals surface area (Å²) in [7, 11) is 0. The van der Waals surface area contributed by atoms with Crippen molar-refractivity contribution in [1.29, 1.82) is 0 Å². The average Bonchev–Trinajstić information content (AvgIpc) is 2.18. The van der Waals surface area contributed by atoms with Crippen LogP contribution in [0.25, 0.3) is 0 Å². The van der Waals surface area contributed by atoms with Crippen LogP contribution in [-0.4, -0.2) is 23.7 Å². The number of carbonyl (C=O) groups excluding carboxylic acids is 1. The van der Waals surface area contributed by atoms with Gasteiger partial charge in [0.05, 0.1) is 6.10 Å². The number of hydrogen-bond acceptors (Lipinski definition) is 2. The summed E-state index contributed by atoms with van der Waals surface area (Å²) in [5, 5.41) is 12.0. The highest BCUT2D eigenvalue weighted by molar-refractivity contribution is 5.75. The zero-order chi connectivity index (χ0) is 11.1. The molecular formula is C12H23NO2. The zero-order valence-corrected chi connectivity index (χ0v) is 9.67. The molecule has 0 aromatic heterocycles. The van der Waals surface area contributed by atoms with Crippen LogP contribution in [0.4, 0.5) is 0 Å². The normalized spacial score (nSPS) is 24.7. The monoisotopic (exact) mass is 213 g/mol.